The Morgan fingerprint density at radius 3 is 2.64 bits per heavy atom. The molecule has 0 saturated heterocycles. The Kier molecular flexibility index (Phi) is 17.5. The van der Waals surface area contributed by atoms with E-state index in [1.54, 1.807) is 6.08 Å². The highest BCUT2D eigenvalue weighted by Gasteiger charge is 2.26. The predicted molar refractivity (Wildman–Crippen MR) is 164 cm³/mol. The second-order valence-electron chi connectivity index (χ2n) is 11.0. The number of aliphatic hydroxyl groups is 1. The van der Waals surface area contributed by atoms with Crippen LogP contribution in [0.3, 0.4) is 0 Å². The van der Waals surface area contributed by atoms with E-state index in [2.05, 4.69) is 70.8 Å². The Hall–Kier alpha value is -2.95. The van der Waals surface area contributed by atoms with Crippen molar-refractivity contribution in [2.75, 3.05) is 20.3 Å². The Morgan fingerprint density at radius 1 is 1.26 bits per heavy atom. The van der Waals surface area contributed by atoms with Gasteiger partial charge in [0.25, 0.3) is 0 Å². The molecule has 0 amide bonds. The van der Waals surface area contributed by atoms with Gasteiger partial charge in [0.05, 0.1) is 6.54 Å². The van der Waals surface area contributed by atoms with Crippen LogP contribution < -0.4 is 0 Å². The molecule has 2 atom stereocenters. The van der Waals surface area contributed by atoms with E-state index in [9.17, 15) is 4.79 Å². The third-order valence-electron chi connectivity index (χ3n) is 7.11. The molecule has 0 aromatic carbocycles. The van der Waals surface area contributed by atoms with Gasteiger partial charge in [-0.2, -0.15) is 0 Å². The maximum atomic E-state index is 11.4. The summed E-state index contributed by atoms with van der Waals surface area (Å²) >= 11 is 0. The van der Waals surface area contributed by atoms with Gasteiger partial charge in [-0.1, -0.05) is 87.8 Å². The number of carbonyl (C=O) groups excluding carboxylic acids is 1. The summed E-state index contributed by atoms with van der Waals surface area (Å²) in [6.07, 6.45) is 27.2. The van der Waals surface area contributed by atoms with Gasteiger partial charge in [-0.15, -0.1) is 6.42 Å². The van der Waals surface area contributed by atoms with Crippen molar-refractivity contribution in [1.82, 2.24) is 4.90 Å². The SMILES string of the molecule is C#CCN(C)COC1=CC=C(C(CC(C)C)/C(=C(\CC)C/C(=C\C=O)CCC)C(C)CCCC#CO)C=CC1. The normalized spacial score (nSPS) is 15.8. The molecule has 0 fully saturated rings. The molecule has 0 spiro atoms. The van der Waals surface area contributed by atoms with Crippen LogP contribution in [0.1, 0.15) is 92.4 Å². The summed E-state index contributed by atoms with van der Waals surface area (Å²) in [5.74, 6) is 7.54. The monoisotopic (exact) mass is 533 g/mol. The minimum absolute atomic E-state index is 0.272. The maximum Gasteiger partial charge on any atom is 0.142 e. The van der Waals surface area contributed by atoms with Crippen LogP contribution >= 0.6 is 0 Å². The first kappa shape index (κ1) is 34.1. The molecule has 4 heteroatoms. The lowest BCUT2D eigenvalue weighted by Gasteiger charge is -2.31. The molecule has 0 aliphatic heterocycles. The van der Waals surface area contributed by atoms with Crippen LogP contribution in [0.25, 0.3) is 0 Å². The number of allylic oxidation sites excluding steroid dienone is 9. The summed E-state index contributed by atoms with van der Waals surface area (Å²) in [6, 6.07) is 0. The number of unbranched alkanes of at least 4 members (excludes halogenated alkanes) is 1. The van der Waals surface area contributed by atoms with Crippen molar-refractivity contribution in [1.29, 1.82) is 0 Å². The number of ether oxygens (including phenoxy) is 1. The summed E-state index contributed by atoms with van der Waals surface area (Å²) in [5.41, 5.74) is 5.45. The Balaban J connectivity index is 3.55. The first-order valence-corrected chi connectivity index (χ1v) is 14.6. The van der Waals surface area contributed by atoms with Gasteiger partial charge in [0, 0.05) is 18.8 Å². The molecule has 0 radical (unpaired) electrons. The molecule has 1 rings (SSSR count). The van der Waals surface area contributed by atoms with Gasteiger partial charge in [0.2, 0.25) is 0 Å². The fourth-order valence-corrected chi connectivity index (χ4v) is 5.27. The summed E-state index contributed by atoms with van der Waals surface area (Å²) in [4.78, 5) is 13.4. The van der Waals surface area contributed by atoms with Gasteiger partial charge in [-0.25, -0.2) is 0 Å². The van der Waals surface area contributed by atoms with E-state index >= 15 is 0 Å². The molecule has 1 aliphatic carbocycles. The lowest BCUT2D eigenvalue weighted by atomic mass is 9.73. The van der Waals surface area contributed by atoms with E-state index < -0.39 is 0 Å². The molecule has 0 aromatic heterocycles. The minimum Gasteiger partial charge on any atom is -0.482 e. The van der Waals surface area contributed by atoms with E-state index in [1.807, 2.05) is 18.1 Å². The third kappa shape index (κ3) is 13.1. The lowest BCUT2D eigenvalue weighted by molar-refractivity contribution is -0.104. The lowest BCUT2D eigenvalue weighted by Crippen LogP contribution is -2.21. The predicted octanol–water partition coefficient (Wildman–Crippen LogP) is 8.12. The van der Waals surface area contributed by atoms with E-state index in [1.165, 1.54) is 22.3 Å². The molecule has 4 nitrogen and oxygen atoms in total. The van der Waals surface area contributed by atoms with Gasteiger partial charge in [0.15, 0.2) is 0 Å². The van der Waals surface area contributed by atoms with Gasteiger partial charge < -0.3 is 9.84 Å². The van der Waals surface area contributed by atoms with Gasteiger partial charge in [-0.05, 0) is 75.1 Å². The van der Waals surface area contributed by atoms with Gasteiger partial charge >= 0.3 is 0 Å². The number of aliphatic hydroxyl groups excluding tert-OH is 1. The second kappa shape index (κ2) is 20.0. The second-order valence-corrected chi connectivity index (χ2v) is 11.0. The highest BCUT2D eigenvalue weighted by atomic mass is 16.5. The summed E-state index contributed by atoms with van der Waals surface area (Å²) in [6.45, 7) is 12.3. The largest absolute Gasteiger partial charge is 0.482 e. The number of rotatable bonds is 18. The number of carbonyl (C=O) groups is 1. The first-order chi connectivity index (χ1) is 18.8. The van der Waals surface area contributed by atoms with Crippen LogP contribution in [0.2, 0.25) is 0 Å². The molecular weight excluding hydrogens is 482 g/mol. The van der Waals surface area contributed by atoms with Crippen LogP contribution in [0, 0.1) is 42.1 Å². The average molecular weight is 534 g/mol. The number of aldehydes is 1. The molecule has 0 saturated carbocycles. The van der Waals surface area contributed by atoms with Crippen LogP contribution in [-0.2, 0) is 9.53 Å². The highest BCUT2D eigenvalue weighted by Crippen LogP contribution is 2.40. The quantitative estimate of drug-likeness (QED) is 0.0483. The van der Waals surface area contributed by atoms with Crippen molar-refractivity contribution in [3.8, 4) is 24.4 Å². The van der Waals surface area contributed by atoms with E-state index in [4.69, 9.17) is 16.3 Å². The standard InChI is InChI=1S/C35H51NO3/c1-8-15-30(21-24-38)26-31(10-3)35(29(6)16-12-11-13-23-37)34(25-28(4)5)32-17-14-18-33(20-19-32)39-27-36(7)22-9-2/h2,14,17,19-21,24,28-29,34,37H,8,10-12,15-16,18,22,25-27H2,1,3-7H3/b30-21-,35-31+. The van der Waals surface area contributed by atoms with Crippen LogP contribution in [0.15, 0.2) is 58.4 Å². The molecule has 2 unspecified atom stereocenters. The summed E-state index contributed by atoms with van der Waals surface area (Å²) < 4.78 is 6.06. The van der Waals surface area contributed by atoms with Crippen molar-refractivity contribution in [3.63, 3.8) is 0 Å². The number of hydrogen-bond donors (Lipinski definition) is 1. The number of hydrogen-bond acceptors (Lipinski definition) is 4. The van der Waals surface area contributed by atoms with Gasteiger partial charge in [0.1, 0.15) is 24.9 Å². The Bertz CT molecular complexity index is 1010. The fraction of sp³-hybridized carbons (Fsp3) is 0.571. The molecule has 214 valence electrons. The van der Waals surface area contributed by atoms with E-state index in [0.717, 1.165) is 63.4 Å². The van der Waals surface area contributed by atoms with Crippen molar-refractivity contribution in [3.05, 3.63) is 58.4 Å². The summed E-state index contributed by atoms with van der Waals surface area (Å²) in [5, 5.41) is 8.92. The average Bonchev–Trinajstić information content (AvgIpc) is 3.15. The third-order valence-corrected chi connectivity index (χ3v) is 7.11. The highest BCUT2D eigenvalue weighted by molar-refractivity contribution is 5.66. The number of terminal acetylenes is 1. The van der Waals surface area contributed by atoms with Crippen LogP contribution in [-0.4, -0.2) is 36.6 Å². The Labute approximate surface area is 239 Å². The smallest absolute Gasteiger partial charge is 0.142 e. The van der Waals surface area contributed by atoms with E-state index in [-0.39, 0.29) is 5.92 Å². The van der Waals surface area contributed by atoms with Crippen molar-refractivity contribution in [2.24, 2.45) is 17.8 Å². The molecular formula is C35H51NO3. The molecule has 1 aliphatic rings. The zero-order chi connectivity index (χ0) is 29.0. The fourth-order valence-electron chi connectivity index (χ4n) is 5.27. The van der Waals surface area contributed by atoms with Crippen molar-refractivity contribution < 1.29 is 14.6 Å². The zero-order valence-corrected chi connectivity index (χ0v) is 25.3. The number of nitrogens with zero attached hydrogens (tertiary/aromatic N) is 1. The summed E-state index contributed by atoms with van der Waals surface area (Å²) in [7, 11) is 1.95. The van der Waals surface area contributed by atoms with Crippen molar-refractivity contribution >= 4 is 6.29 Å². The molecule has 1 N–H and O–H groups in total. The molecule has 0 heterocycles. The van der Waals surface area contributed by atoms with Crippen LogP contribution in [0.5, 0.6) is 0 Å². The first-order valence-electron chi connectivity index (χ1n) is 14.6. The van der Waals surface area contributed by atoms with Gasteiger partial charge in [-0.3, -0.25) is 9.69 Å². The molecule has 0 aromatic rings. The zero-order valence-electron chi connectivity index (χ0n) is 25.3. The van der Waals surface area contributed by atoms with E-state index in [0.29, 0.717) is 31.5 Å². The minimum atomic E-state index is 0.272. The van der Waals surface area contributed by atoms with Crippen molar-refractivity contribution in [2.45, 2.75) is 92.4 Å². The molecule has 39 heavy (non-hydrogen) atoms. The topological polar surface area (TPSA) is 49.8 Å². The maximum absolute atomic E-state index is 11.4. The Morgan fingerprint density at radius 2 is 2.03 bits per heavy atom. The van der Waals surface area contributed by atoms with Crippen LogP contribution in [0.4, 0.5) is 0 Å². The molecule has 0 bridgehead atoms.